The zero-order chi connectivity index (χ0) is 20.5. The highest BCUT2D eigenvalue weighted by Gasteiger charge is 2.09. The number of aryl methyl sites for hydroxylation is 1. The lowest BCUT2D eigenvalue weighted by Crippen LogP contribution is -2.08. The summed E-state index contributed by atoms with van der Waals surface area (Å²) in [5, 5.41) is 0. The third-order valence-electron chi connectivity index (χ3n) is 4.81. The molecule has 150 valence electrons. The van der Waals surface area contributed by atoms with Gasteiger partial charge in [-0.1, -0.05) is 68.1 Å². The first kappa shape index (κ1) is 20.7. The largest absolute Gasteiger partial charge is 0.494 e. The first-order valence-corrected chi connectivity index (χ1v) is 10.3. The summed E-state index contributed by atoms with van der Waals surface area (Å²) in [6.45, 7) is 4.97. The van der Waals surface area contributed by atoms with Crippen molar-refractivity contribution in [3.63, 3.8) is 0 Å². The molecule has 0 unspecified atom stereocenters. The van der Waals surface area contributed by atoms with E-state index in [2.05, 4.69) is 38.1 Å². The molecule has 0 aliphatic heterocycles. The molecule has 0 spiro atoms. The lowest BCUT2D eigenvalue weighted by molar-refractivity contribution is 0.0734. The molecule has 0 bridgehead atoms. The second-order valence-corrected chi connectivity index (χ2v) is 7.21. The molecule has 0 aliphatic carbocycles. The van der Waals surface area contributed by atoms with E-state index >= 15 is 0 Å². The van der Waals surface area contributed by atoms with Gasteiger partial charge in [0.2, 0.25) is 0 Å². The van der Waals surface area contributed by atoms with Crippen LogP contribution in [0.5, 0.6) is 11.5 Å². The van der Waals surface area contributed by atoms with Crippen molar-refractivity contribution < 1.29 is 14.3 Å². The van der Waals surface area contributed by atoms with Crippen LogP contribution in [-0.4, -0.2) is 12.6 Å². The fraction of sp³-hybridized carbons (Fsp3) is 0.269. The van der Waals surface area contributed by atoms with E-state index in [-0.39, 0.29) is 5.97 Å². The molecule has 0 N–H and O–H groups in total. The minimum atomic E-state index is -0.373. The highest BCUT2D eigenvalue weighted by atomic mass is 16.5. The molecule has 0 aromatic heterocycles. The van der Waals surface area contributed by atoms with Crippen LogP contribution in [0.25, 0.3) is 11.1 Å². The van der Waals surface area contributed by atoms with Crippen LogP contribution in [0.3, 0.4) is 0 Å². The molecule has 0 saturated heterocycles. The van der Waals surface area contributed by atoms with Gasteiger partial charge in [0.1, 0.15) is 11.5 Å². The Morgan fingerprint density at radius 3 is 1.93 bits per heavy atom. The number of unbranched alkanes of at least 4 members (excludes halogenated alkanes) is 3. The molecular weight excluding hydrogens is 360 g/mol. The van der Waals surface area contributed by atoms with E-state index in [0.29, 0.717) is 17.9 Å². The van der Waals surface area contributed by atoms with Gasteiger partial charge in [-0.2, -0.15) is 0 Å². The quantitative estimate of drug-likeness (QED) is 0.229. The van der Waals surface area contributed by atoms with Crippen LogP contribution in [0.1, 0.15) is 48.5 Å². The first-order valence-electron chi connectivity index (χ1n) is 10.3. The van der Waals surface area contributed by atoms with Gasteiger partial charge in [0.25, 0.3) is 0 Å². The Morgan fingerprint density at radius 1 is 0.724 bits per heavy atom. The predicted octanol–water partition coefficient (Wildman–Crippen LogP) is 6.84. The van der Waals surface area contributed by atoms with Gasteiger partial charge >= 0.3 is 5.97 Å². The van der Waals surface area contributed by atoms with Gasteiger partial charge < -0.3 is 9.47 Å². The fourth-order valence-electron chi connectivity index (χ4n) is 3.03. The van der Waals surface area contributed by atoms with Crippen LogP contribution in [0.15, 0.2) is 72.8 Å². The highest BCUT2D eigenvalue weighted by molar-refractivity contribution is 5.91. The number of hydrogen-bond donors (Lipinski definition) is 0. The molecule has 0 fully saturated rings. The maximum Gasteiger partial charge on any atom is 0.343 e. The van der Waals surface area contributed by atoms with Crippen molar-refractivity contribution in [1.29, 1.82) is 0 Å². The highest BCUT2D eigenvalue weighted by Crippen LogP contribution is 2.23. The maximum absolute atomic E-state index is 12.4. The van der Waals surface area contributed by atoms with Crippen LogP contribution in [0.4, 0.5) is 0 Å². The maximum atomic E-state index is 12.4. The summed E-state index contributed by atoms with van der Waals surface area (Å²) in [5.74, 6) is 0.935. The zero-order valence-electron chi connectivity index (χ0n) is 17.2. The van der Waals surface area contributed by atoms with Crippen molar-refractivity contribution in [2.24, 2.45) is 0 Å². The van der Waals surface area contributed by atoms with Gasteiger partial charge in [0.05, 0.1) is 12.2 Å². The average Bonchev–Trinajstić information content (AvgIpc) is 2.75. The van der Waals surface area contributed by atoms with Crippen LogP contribution in [-0.2, 0) is 0 Å². The van der Waals surface area contributed by atoms with Gasteiger partial charge in [-0.3, -0.25) is 0 Å². The number of carbonyl (C=O) groups excluding carboxylic acids is 1. The molecule has 0 radical (unpaired) electrons. The van der Waals surface area contributed by atoms with E-state index in [9.17, 15) is 4.79 Å². The minimum absolute atomic E-state index is 0.373. The number of hydrogen-bond acceptors (Lipinski definition) is 3. The van der Waals surface area contributed by atoms with E-state index in [1.54, 1.807) is 12.1 Å². The van der Waals surface area contributed by atoms with Crippen molar-refractivity contribution in [1.82, 2.24) is 0 Å². The molecule has 0 atom stereocenters. The standard InChI is InChI=1S/C26H28O3/c1-3-4-5-6-19-28-24-15-13-23(14-16-24)26(27)29-25-17-11-22(12-18-25)21-9-7-20(2)8-10-21/h7-18H,3-6,19H2,1-2H3. The Balaban J connectivity index is 1.53. The number of rotatable bonds is 9. The summed E-state index contributed by atoms with van der Waals surface area (Å²) in [6, 6.07) is 23.0. The summed E-state index contributed by atoms with van der Waals surface area (Å²) >= 11 is 0. The molecule has 3 heteroatoms. The molecule has 3 rings (SSSR count). The van der Waals surface area contributed by atoms with Gasteiger partial charge in [-0.25, -0.2) is 4.79 Å². The van der Waals surface area contributed by atoms with E-state index < -0.39 is 0 Å². The lowest BCUT2D eigenvalue weighted by atomic mass is 10.0. The van der Waals surface area contributed by atoms with Crippen molar-refractivity contribution in [3.05, 3.63) is 83.9 Å². The Labute approximate surface area is 173 Å². The SMILES string of the molecule is CCCCCCOc1ccc(C(=O)Oc2ccc(-c3ccc(C)cc3)cc2)cc1. The summed E-state index contributed by atoms with van der Waals surface area (Å²) in [5.41, 5.74) is 3.96. The topological polar surface area (TPSA) is 35.5 Å². The summed E-state index contributed by atoms with van der Waals surface area (Å²) in [7, 11) is 0. The second kappa shape index (κ2) is 10.5. The number of benzene rings is 3. The number of esters is 1. The zero-order valence-corrected chi connectivity index (χ0v) is 17.2. The molecule has 0 heterocycles. The lowest BCUT2D eigenvalue weighted by Gasteiger charge is -2.08. The van der Waals surface area contributed by atoms with Gasteiger partial charge in [0.15, 0.2) is 0 Å². The molecule has 29 heavy (non-hydrogen) atoms. The smallest absolute Gasteiger partial charge is 0.343 e. The van der Waals surface area contributed by atoms with Crippen molar-refractivity contribution >= 4 is 5.97 Å². The molecule has 3 aromatic rings. The number of carbonyl (C=O) groups is 1. The summed E-state index contributed by atoms with van der Waals surface area (Å²) in [6.07, 6.45) is 4.69. The van der Waals surface area contributed by atoms with Gasteiger partial charge in [-0.05, 0) is 60.9 Å². The minimum Gasteiger partial charge on any atom is -0.494 e. The molecule has 0 saturated carbocycles. The van der Waals surface area contributed by atoms with E-state index in [1.165, 1.54) is 24.8 Å². The number of ether oxygens (including phenoxy) is 2. The third-order valence-corrected chi connectivity index (χ3v) is 4.81. The van der Waals surface area contributed by atoms with Crippen LogP contribution in [0, 0.1) is 6.92 Å². The van der Waals surface area contributed by atoms with Gasteiger partial charge in [-0.15, -0.1) is 0 Å². The second-order valence-electron chi connectivity index (χ2n) is 7.21. The van der Waals surface area contributed by atoms with Crippen LogP contribution < -0.4 is 9.47 Å². The van der Waals surface area contributed by atoms with Crippen molar-refractivity contribution in [2.45, 2.75) is 39.5 Å². The van der Waals surface area contributed by atoms with E-state index in [0.717, 1.165) is 23.3 Å². The average molecular weight is 389 g/mol. The summed E-state index contributed by atoms with van der Waals surface area (Å²) in [4.78, 5) is 12.4. The normalized spacial score (nSPS) is 10.6. The molecule has 3 aromatic carbocycles. The monoisotopic (exact) mass is 388 g/mol. The first-order chi connectivity index (χ1) is 14.2. The fourth-order valence-corrected chi connectivity index (χ4v) is 3.03. The van der Waals surface area contributed by atoms with E-state index in [1.807, 2.05) is 36.4 Å². The van der Waals surface area contributed by atoms with Crippen LogP contribution >= 0.6 is 0 Å². The molecular formula is C26H28O3. The molecule has 0 aliphatic rings. The molecule has 0 amide bonds. The van der Waals surface area contributed by atoms with Gasteiger partial charge in [0, 0.05) is 0 Å². The third kappa shape index (κ3) is 6.21. The Morgan fingerprint density at radius 2 is 1.31 bits per heavy atom. The Bertz CT molecular complexity index is 894. The van der Waals surface area contributed by atoms with Crippen LogP contribution in [0.2, 0.25) is 0 Å². The van der Waals surface area contributed by atoms with Crippen molar-refractivity contribution in [2.75, 3.05) is 6.61 Å². The predicted molar refractivity (Wildman–Crippen MR) is 118 cm³/mol. The van der Waals surface area contributed by atoms with Crippen molar-refractivity contribution in [3.8, 4) is 22.6 Å². The molecule has 3 nitrogen and oxygen atoms in total. The Hall–Kier alpha value is -3.07. The summed E-state index contributed by atoms with van der Waals surface area (Å²) < 4.78 is 11.2. The Kier molecular flexibility index (Phi) is 7.46. The van der Waals surface area contributed by atoms with E-state index in [4.69, 9.17) is 9.47 Å².